The molecule has 3 heterocycles. The largest absolute Gasteiger partial charge is 0.310 e. The van der Waals surface area contributed by atoms with Crippen LogP contribution < -0.4 is 10.9 Å². The zero-order valence-corrected chi connectivity index (χ0v) is 16.5. The summed E-state index contributed by atoms with van der Waals surface area (Å²) in [5.41, 5.74) is 1.65. The lowest BCUT2D eigenvalue weighted by molar-refractivity contribution is -0.117. The Bertz CT molecular complexity index is 1260. The molecule has 0 radical (unpaired) electrons. The summed E-state index contributed by atoms with van der Waals surface area (Å²) in [7, 11) is 3.50. The van der Waals surface area contributed by atoms with Crippen molar-refractivity contribution < 1.29 is 4.79 Å². The minimum absolute atomic E-state index is 0.120. The fourth-order valence-electron chi connectivity index (χ4n) is 3.26. The number of nitrogens with zero attached hydrogens (tertiary/aromatic N) is 6. The molecular formula is C20H21N7O2. The zero-order valence-electron chi connectivity index (χ0n) is 16.5. The van der Waals surface area contributed by atoms with Crippen molar-refractivity contribution in [1.29, 1.82) is 0 Å². The SMILES string of the molecule is Cc1ccc(NC(=O)CN(C)Cc2nnc3n(C)c(=O)c4ccccc4n23)nc1. The van der Waals surface area contributed by atoms with Crippen LogP contribution in [0.4, 0.5) is 5.82 Å². The molecule has 0 unspecified atom stereocenters. The third kappa shape index (κ3) is 3.59. The molecule has 0 atom stereocenters. The fraction of sp³-hybridized carbons (Fsp3) is 0.250. The van der Waals surface area contributed by atoms with Crippen LogP contribution in [0.1, 0.15) is 11.4 Å². The highest BCUT2D eigenvalue weighted by molar-refractivity contribution is 5.91. The van der Waals surface area contributed by atoms with Gasteiger partial charge in [-0.2, -0.15) is 0 Å². The lowest BCUT2D eigenvalue weighted by Gasteiger charge is -2.15. The second-order valence-electron chi connectivity index (χ2n) is 7.07. The fourth-order valence-corrected chi connectivity index (χ4v) is 3.26. The molecule has 0 aliphatic carbocycles. The Labute approximate surface area is 166 Å². The van der Waals surface area contributed by atoms with Crippen molar-refractivity contribution in [2.45, 2.75) is 13.5 Å². The van der Waals surface area contributed by atoms with E-state index in [0.29, 0.717) is 29.4 Å². The van der Waals surface area contributed by atoms with Crippen LogP contribution in [0.15, 0.2) is 47.4 Å². The highest BCUT2D eigenvalue weighted by Gasteiger charge is 2.16. The summed E-state index contributed by atoms with van der Waals surface area (Å²) in [5, 5.41) is 11.8. The van der Waals surface area contributed by atoms with E-state index in [0.717, 1.165) is 11.1 Å². The smallest absolute Gasteiger partial charge is 0.262 e. The van der Waals surface area contributed by atoms with Crippen molar-refractivity contribution in [3.8, 4) is 0 Å². The molecule has 9 heteroatoms. The first-order valence-electron chi connectivity index (χ1n) is 9.17. The van der Waals surface area contributed by atoms with E-state index in [1.165, 1.54) is 4.57 Å². The van der Waals surface area contributed by atoms with E-state index in [4.69, 9.17) is 0 Å². The maximum Gasteiger partial charge on any atom is 0.262 e. The molecule has 1 aromatic carbocycles. The highest BCUT2D eigenvalue weighted by atomic mass is 16.2. The molecule has 29 heavy (non-hydrogen) atoms. The summed E-state index contributed by atoms with van der Waals surface area (Å²) in [4.78, 5) is 30.9. The number of hydrogen-bond acceptors (Lipinski definition) is 6. The van der Waals surface area contributed by atoms with Crippen LogP contribution in [0.2, 0.25) is 0 Å². The van der Waals surface area contributed by atoms with E-state index >= 15 is 0 Å². The summed E-state index contributed by atoms with van der Waals surface area (Å²) in [5.74, 6) is 1.46. The summed E-state index contributed by atoms with van der Waals surface area (Å²) in [6.45, 7) is 2.49. The quantitative estimate of drug-likeness (QED) is 0.552. The zero-order chi connectivity index (χ0) is 20.5. The monoisotopic (exact) mass is 391 g/mol. The molecule has 9 nitrogen and oxygen atoms in total. The summed E-state index contributed by atoms with van der Waals surface area (Å²) in [6, 6.07) is 11.0. The lowest BCUT2D eigenvalue weighted by atomic mass is 10.2. The summed E-state index contributed by atoms with van der Waals surface area (Å²) >= 11 is 0. The number of para-hydroxylation sites is 1. The Hall–Kier alpha value is -3.59. The van der Waals surface area contributed by atoms with Crippen LogP contribution in [0.5, 0.6) is 0 Å². The molecule has 0 spiro atoms. The second kappa shape index (κ2) is 7.44. The molecule has 1 N–H and O–H groups in total. The van der Waals surface area contributed by atoms with Gasteiger partial charge in [0.15, 0.2) is 5.82 Å². The van der Waals surface area contributed by atoms with E-state index in [1.807, 2.05) is 47.5 Å². The first-order valence-corrected chi connectivity index (χ1v) is 9.17. The molecule has 4 rings (SSSR count). The van der Waals surface area contributed by atoms with E-state index in [2.05, 4.69) is 20.5 Å². The van der Waals surface area contributed by atoms with Crippen molar-refractivity contribution in [3.05, 3.63) is 64.3 Å². The molecule has 0 fully saturated rings. The lowest BCUT2D eigenvalue weighted by Crippen LogP contribution is -2.31. The van der Waals surface area contributed by atoms with E-state index in [9.17, 15) is 9.59 Å². The Balaban J connectivity index is 1.57. The number of aryl methyl sites for hydroxylation is 2. The predicted octanol–water partition coefficient (Wildman–Crippen LogP) is 1.36. The minimum atomic E-state index is -0.171. The van der Waals surface area contributed by atoms with Gasteiger partial charge < -0.3 is 5.32 Å². The van der Waals surface area contributed by atoms with E-state index in [-0.39, 0.29) is 18.0 Å². The molecule has 0 saturated heterocycles. The number of fused-ring (bicyclic) bond motifs is 3. The van der Waals surface area contributed by atoms with Gasteiger partial charge >= 0.3 is 0 Å². The molecule has 148 valence electrons. The van der Waals surface area contributed by atoms with Gasteiger partial charge in [0.2, 0.25) is 11.7 Å². The molecule has 0 bridgehead atoms. The summed E-state index contributed by atoms with van der Waals surface area (Å²) in [6.07, 6.45) is 1.71. The van der Waals surface area contributed by atoms with Crippen LogP contribution in [0, 0.1) is 6.92 Å². The van der Waals surface area contributed by atoms with Gasteiger partial charge in [0, 0.05) is 13.2 Å². The highest BCUT2D eigenvalue weighted by Crippen LogP contribution is 2.14. The number of carbonyl (C=O) groups excluding carboxylic acids is 1. The first-order chi connectivity index (χ1) is 13.9. The third-order valence-electron chi connectivity index (χ3n) is 4.70. The normalized spacial score (nSPS) is 11.4. The molecule has 1 amide bonds. The van der Waals surface area contributed by atoms with Crippen molar-refractivity contribution in [1.82, 2.24) is 29.0 Å². The van der Waals surface area contributed by atoms with Gasteiger partial charge in [0.05, 0.1) is 24.0 Å². The van der Waals surface area contributed by atoms with Crippen molar-refractivity contribution >= 4 is 28.4 Å². The predicted molar refractivity (Wildman–Crippen MR) is 110 cm³/mol. The topological polar surface area (TPSA) is 97.4 Å². The van der Waals surface area contributed by atoms with Gasteiger partial charge in [-0.05, 0) is 37.7 Å². The van der Waals surface area contributed by atoms with Gasteiger partial charge in [0.1, 0.15) is 5.82 Å². The third-order valence-corrected chi connectivity index (χ3v) is 4.70. The number of amides is 1. The molecule has 4 aromatic rings. The number of rotatable bonds is 5. The Morgan fingerprint density at radius 1 is 1.17 bits per heavy atom. The van der Waals surface area contributed by atoms with Crippen LogP contribution >= 0.6 is 0 Å². The van der Waals surface area contributed by atoms with Crippen molar-refractivity contribution in [2.75, 3.05) is 18.9 Å². The molecule has 3 aromatic heterocycles. The minimum Gasteiger partial charge on any atom is -0.310 e. The van der Waals surface area contributed by atoms with Gasteiger partial charge in [-0.1, -0.05) is 18.2 Å². The second-order valence-corrected chi connectivity index (χ2v) is 7.07. The van der Waals surface area contributed by atoms with Crippen molar-refractivity contribution in [3.63, 3.8) is 0 Å². The number of carbonyl (C=O) groups is 1. The number of aromatic nitrogens is 5. The maximum atomic E-state index is 12.5. The summed E-state index contributed by atoms with van der Waals surface area (Å²) < 4.78 is 3.33. The van der Waals surface area contributed by atoms with Gasteiger partial charge in [0.25, 0.3) is 5.56 Å². The molecule has 0 saturated carbocycles. The average Bonchev–Trinajstić information content (AvgIpc) is 3.11. The Kier molecular flexibility index (Phi) is 4.81. The van der Waals surface area contributed by atoms with E-state index < -0.39 is 0 Å². The van der Waals surface area contributed by atoms with Crippen LogP contribution in [0.3, 0.4) is 0 Å². The molecular weight excluding hydrogens is 370 g/mol. The molecule has 0 aliphatic heterocycles. The number of benzene rings is 1. The van der Waals surface area contributed by atoms with Gasteiger partial charge in [-0.25, -0.2) is 4.98 Å². The number of nitrogens with one attached hydrogen (secondary N) is 1. The molecule has 0 aliphatic rings. The van der Waals surface area contributed by atoms with Crippen molar-refractivity contribution in [2.24, 2.45) is 7.05 Å². The van der Waals surface area contributed by atoms with Gasteiger partial charge in [-0.3, -0.25) is 23.5 Å². The number of anilines is 1. The Morgan fingerprint density at radius 2 is 1.97 bits per heavy atom. The number of pyridine rings is 1. The van der Waals surface area contributed by atoms with Crippen LogP contribution in [-0.4, -0.2) is 48.5 Å². The number of likely N-dealkylation sites (N-methyl/N-ethyl adjacent to an activating group) is 1. The van der Waals surface area contributed by atoms with Crippen LogP contribution in [0.25, 0.3) is 16.7 Å². The Morgan fingerprint density at radius 3 is 2.72 bits per heavy atom. The first kappa shape index (κ1) is 18.8. The van der Waals surface area contributed by atoms with Gasteiger partial charge in [-0.15, -0.1) is 10.2 Å². The maximum absolute atomic E-state index is 12.5. The average molecular weight is 391 g/mol. The van der Waals surface area contributed by atoms with E-state index in [1.54, 1.807) is 25.4 Å². The number of hydrogen-bond donors (Lipinski definition) is 1. The standard InChI is InChI=1S/C20H21N7O2/c1-13-8-9-16(21-10-13)22-18(28)12-25(2)11-17-23-24-20-26(3)19(29)14-6-4-5-7-15(14)27(17)20/h4-10H,11-12H2,1-3H3,(H,21,22,28). The van der Waals surface area contributed by atoms with Crippen LogP contribution in [-0.2, 0) is 18.4 Å².